The molecule has 1 atom stereocenters. The zero-order valence-electron chi connectivity index (χ0n) is 14.4. The number of amides is 1. The zero-order valence-corrected chi connectivity index (χ0v) is 15.9. The van der Waals surface area contributed by atoms with Gasteiger partial charge in [0.25, 0.3) is 0 Å². The predicted octanol–water partition coefficient (Wildman–Crippen LogP) is 5.26. The quantitative estimate of drug-likeness (QED) is 0.445. The van der Waals surface area contributed by atoms with E-state index < -0.39 is 5.95 Å². The first-order valence-corrected chi connectivity index (χ1v) is 9.67. The van der Waals surface area contributed by atoms with Crippen molar-refractivity contribution in [1.82, 2.24) is 9.88 Å². The van der Waals surface area contributed by atoms with Gasteiger partial charge in [-0.1, -0.05) is 42.4 Å². The summed E-state index contributed by atoms with van der Waals surface area (Å²) in [6.07, 6.45) is 2.76. The molecular formula is C21H16ClFN2OS. The fourth-order valence-electron chi connectivity index (χ4n) is 3.58. The molecule has 1 aliphatic heterocycles. The van der Waals surface area contributed by atoms with Crippen molar-refractivity contribution < 1.29 is 9.18 Å². The second-order valence-corrected chi connectivity index (χ2v) is 8.10. The molecule has 0 saturated carbocycles. The molecule has 0 bridgehead atoms. The molecule has 6 heteroatoms. The minimum absolute atomic E-state index is 0.0998. The summed E-state index contributed by atoms with van der Waals surface area (Å²) in [6, 6.07) is 13.1. The van der Waals surface area contributed by atoms with Gasteiger partial charge in [-0.3, -0.25) is 4.79 Å². The molecule has 3 heterocycles. The van der Waals surface area contributed by atoms with Crippen molar-refractivity contribution >= 4 is 28.8 Å². The van der Waals surface area contributed by atoms with Crippen molar-refractivity contribution in [3.05, 3.63) is 87.6 Å². The van der Waals surface area contributed by atoms with Gasteiger partial charge < -0.3 is 4.90 Å². The largest absolute Gasteiger partial charge is 0.333 e. The highest BCUT2D eigenvalue weighted by Crippen LogP contribution is 2.43. The summed E-state index contributed by atoms with van der Waals surface area (Å²) in [6.45, 7) is 4.60. The number of fused-ring (bicyclic) bond motifs is 1. The van der Waals surface area contributed by atoms with Crippen LogP contribution in [0.25, 0.3) is 11.1 Å². The summed E-state index contributed by atoms with van der Waals surface area (Å²) >= 11 is 7.75. The highest BCUT2D eigenvalue weighted by Gasteiger charge is 2.32. The number of carbonyl (C=O) groups is 1. The molecule has 0 saturated heterocycles. The van der Waals surface area contributed by atoms with Gasteiger partial charge in [0, 0.05) is 29.1 Å². The Bertz CT molecular complexity index is 1030. The third kappa shape index (κ3) is 3.29. The maximum absolute atomic E-state index is 14.4. The van der Waals surface area contributed by atoms with Gasteiger partial charge in [0.2, 0.25) is 11.9 Å². The van der Waals surface area contributed by atoms with E-state index in [1.165, 1.54) is 23.6 Å². The minimum atomic E-state index is -0.511. The Morgan fingerprint density at radius 1 is 1.26 bits per heavy atom. The van der Waals surface area contributed by atoms with Crippen LogP contribution in [-0.2, 0) is 11.3 Å². The molecule has 2 aromatic heterocycles. The molecular weight excluding hydrogens is 383 g/mol. The van der Waals surface area contributed by atoms with Crippen LogP contribution in [0.3, 0.4) is 0 Å². The molecule has 27 heavy (non-hydrogen) atoms. The lowest BCUT2D eigenvalue weighted by Crippen LogP contribution is -2.37. The van der Waals surface area contributed by atoms with E-state index in [4.69, 9.17) is 11.6 Å². The lowest BCUT2D eigenvalue weighted by atomic mass is 9.84. The maximum Gasteiger partial charge on any atom is 0.246 e. The van der Waals surface area contributed by atoms with Crippen LogP contribution in [0.2, 0.25) is 4.34 Å². The van der Waals surface area contributed by atoms with E-state index in [1.54, 1.807) is 17.0 Å². The third-order valence-corrected chi connectivity index (χ3v) is 6.06. The summed E-state index contributed by atoms with van der Waals surface area (Å²) < 4.78 is 15.1. The monoisotopic (exact) mass is 398 g/mol. The number of pyridine rings is 1. The zero-order chi connectivity index (χ0) is 19.0. The fraction of sp³-hybridized carbons (Fsp3) is 0.143. The van der Waals surface area contributed by atoms with E-state index in [-0.39, 0.29) is 11.8 Å². The second kappa shape index (κ2) is 7.25. The molecule has 3 nitrogen and oxygen atoms in total. The van der Waals surface area contributed by atoms with Gasteiger partial charge in [-0.25, -0.2) is 4.98 Å². The molecule has 1 amide bonds. The van der Waals surface area contributed by atoms with E-state index >= 15 is 0 Å². The number of rotatable bonds is 3. The van der Waals surface area contributed by atoms with Gasteiger partial charge in [0.15, 0.2) is 0 Å². The van der Waals surface area contributed by atoms with Gasteiger partial charge in [-0.2, -0.15) is 4.39 Å². The molecule has 0 unspecified atom stereocenters. The average molecular weight is 399 g/mol. The predicted molar refractivity (Wildman–Crippen MR) is 106 cm³/mol. The normalized spacial score (nSPS) is 16.1. The van der Waals surface area contributed by atoms with E-state index in [9.17, 15) is 9.18 Å². The van der Waals surface area contributed by atoms with Gasteiger partial charge in [0.1, 0.15) is 0 Å². The lowest BCUT2D eigenvalue weighted by Gasteiger charge is -2.33. The fourth-order valence-corrected chi connectivity index (χ4v) is 4.94. The van der Waals surface area contributed by atoms with Gasteiger partial charge in [-0.05, 0) is 41.0 Å². The van der Waals surface area contributed by atoms with E-state index in [0.29, 0.717) is 23.0 Å². The van der Waals surface area contributed by atoms with Crippen molar-refractivity contribution in [1.29, 1.82) is 0 Å². The standard InChI is InChI=1S/C21H16ClFN2OS/c1-2-20(26)25-11-17(16-10-19(22)27-18(16)12-25)14-7-4-3-6-13(14)15-8-5-9-24-21(15)23/h2-10,17H,1,11-12H2/t17-/m1/s1. The Morgan fingerprint density at radius 3 is 2.81 bits per heavy atom. The van der Waals surface area contributed by atoms with E-state index in [0.717, 1.165) is 21.6 Å². The first kappa shape index (κ1) is 17.9. The average Bonchev–Trinajstić information content (AvgIpc) is 3.07. The highest BCUT2D eigenvalue weighted by molar-refractivity contribution is 7.16. The van der Waals surface area contributed by atoms with E-state index in [1.807, 2.05) is 30.3 Å². The molecule has 0 aliphatic carbocycles. The summed E-state index contributed by atoms with van der Waals surface area (Å²) in [4.78, 5) is 18.9. The van der Waals surface area contributed by atoms with Crippen molar-refractivity contribution in [2.75, 3.05) is 6.54 Å². The van der Waals surface area contributed by atoms with Crippen LogP contribution in [-0.4, -0.2) is 22.3 Å². The third-order valence-electron chi connectivity index (χ3n) is 4.80. The molecule has 0 spiro atoms. The van der Waals surface area contributed by atoms with Gasteiger partial charge >= 0.3 is 0 Å². The molecule has 4 rings (SSSR count). The second-order valence-electron chi connectivity index (χ2n) is 6.33. The van der Waals surface area contributed by atoms with Crippen LogP contribution < -0.4 is 0 Å². The number of hydrogen-bond acceptors (Lipinski definition) is 3. The molecule has 0 N–H and O–H groups in total. The molecule has 1 aromatic carbocycles. The van der Waals surface area contributed by atoms with Crippen molar-refractivity contribution in [3.8, 4) is 11.1 Å². The summed E-state index contributed by atoms with van der Waals surface area (Å²) in [5, 5.41) is 0. The summed E-state index contributed by atoms with van der Waals surface area (Å²) in [7, 11) is 0. The lowest BCUT2D eigenvalue weighted by molar-refractivity contribution is -0.127. The topological polar surface area (TPSA) is 33.2 Å². The summed E-state index contributed by atoms with van der Waals surface area (Å²) in [5.74, 6) is -0.735. The first-order valence-electron chi connectivity index (χ1n) is 8.47. The number of thiophene rings is 1. The smallest absolute Gasteiger partial charge is 0.246 e. The van der Waals surface area contributed by atoms with Gasteiger partial charge in [-0.15, -0.1) is 11.3 Å². The van der Waals surface area contributed by atoms with Gasteiger partial charge in [0.05, 0.1) is 10.9 Å². The van der Waals surface area contributed by atoms with Crippen LogP contribution in [0.1, 0.15) is 21.9 Å². The first-order chi connectivity index (χ1) is 13.1. The summed E-state index contributed by atoms with van der Waals surface area (Å²) in [5.41, 5.74) is 3.26. The Morgan fingerprint density at radius 2 is 2.04 bits per heavy atom. The van der Waals surface area contributed by atoms with Crippen molar-refractivity contribution in [2.24, 2.45) is 0 Å². The SMILES string of the molecule is C=CC(=O)N1Cc2sc(Cl)cc2[C@@H](c2ccccc2-c2cccnc2F)C1. The van der Waals surface area contributed by atoms with Crippen LogP contribution in [0.4, 0.5) is 4.39 Å². The number of benzene rings is 1. The molecule has 3 aromatic rings. The van der Waals surface area contributed by atoms with Crippen LogP contribution in [0.5, 0.6) is 0 Å². The number of nitrogens with zero attached hydrogens (tertiary/aromatic N) is 2. The minimum Gasteiger partial charge on any atom is -0.333 e. The van der Waals surface area contributed by atoms with Crippen LogP contribution in [0, 0.1) is 5.95 Å². The Hall–Kier alpha value is -2.50. The molecule has 1 aliphatic rings. The number of carbonyl (C=O) groups excluding carboxylic acids is 1. The number of hydrogen-bond donors (Lipinski definition) is 0. The molecule has 0 radical (unpaired) electrons. The Kier molecular flexibility index (Phi) is 4.81. The highest BCUT2D eigenvalue weighted by atomic mass is 35.5. The number of halogens is 2. The number of aromatic nitrogens is 1. The Labute approximate surface area is 165 Å². The van der Waals surface area contributed by atoms with Crippen molar-refractivity contribution in [3.63, 3.8) is 0 Å². The molecule has 136 valence electrons. The van der Waals surface area contributed by atoms with Crippen LogP contribution in [0.15, 0.2) is 61.3 Å². The maximum atomic E-state index is 14.4. The van der Waals surface area contributed by atoms with E-state index in [2.05, 4.69) is 11.6 Å². The van der Waals surface area contributed by atoms with Crippen molar-refractivity contribution in [2.45, 2.75) is 12.5 Å². The Balaban J connectivity index is 1.87. The van der Waals surface area contributed by atoms with Crippen LogP contribution >= 0.6 is 22.9 Å². The molecule has 0 fully saturated rings.